The largest absolute Gasteiger partial charge is 0.480 e. The molecular formula is C22H33N3O5. The number of carbonyl (C=O) groups is 3. The smallest absolute Gasteiger partial charge is 0.326 e. The maximum atomic E-state index is 12.9. The molecule has 0 aromatic heterocycles. The van der Waals surface area contributed by atoms with Gasteiger partial charge < -0.3 is 20.5 Å². The summed E-state index contributed by atoms with van der Waals surface area (Å²) < 4.78 is 5.29. The lowest BCUT2D eigenvalue weighted by atomic mass is 10.0. The zero-order chi connectivity index (χ0) is 21.9. The monoisotopic (exact) mass is 419 g/mol. The summed E-state index contributed by atoms with van der Waals surface area (Å²) in [6.45, 7) is 6.50. The van der Waals surface area contributed by atoms with Gasteiger partial charge in [-0.25, -0.2) is 4.79 Å². The number of benzene rings is 1. The number of carbonyl (C=O) groups excluding carboxylic acids is 2. The fourth-order valence-corrected chi connectivity index (χ4v) is 3.39. The Hall–Kier alpha value is -2.45. The molecule has 1 aliphatic heterocycles. The van der Waals surface area contributed by atoms with Gasteiger partial charge in [-0.1, -0.05) is 44.2 Å². The van der Waals surface area contributed by atoms with Gasteiger partial charge in [-0.3, -0.25) is 14.5 Å². The van der Waals surface area contributed by atoms with Gasteiger partial charge in [-0.2, -0.15) is 0 Å². The highest BCUT2D eigenvalue weighted by molar-refractivity contribution is 5.90. The summed E-state index contributed by atoms with van der Waals surface area (Å²) in [7, 11) is 0. The van der Waals surface area contributed by atoms with E-state index in [0.29, 0.717) is 45.6 Å². The predicted molar refractivity (Wildman–Crippen MR) is 113 cm³/mol. The maximum absolute atomic E-state index is 12.9. The molecule has 166 valence electrons. The van der Waals surface area contributed by atoms with Crippen LogP contribution in [0.4, 0.5) is 0 Å². The molecule has 2 atom stereocenters. The third kappa shape index (κ3) is 8.51. The molecule has 3 N–H and O–H groups in total. The van der Waals surface area contributed by atoms with E-state index in [1.807, 2.05) is 49.1 Å². The number of hydrogen-bond acceptors (Lipinski definition) is 5. The van der Waals surface area contributed by atoms with Crippen LogP contribution in [0.1, 0.15) is 32.3 Å². The minimum Gasteiger partial charge on any atom is -0.480 e. The number of aryl methyl sites for hydroxylation is 1. The predicted octanol–water partition coefficient (Wildman–Crippen LogP) is 1.05. The van der Waals surface area contributed by atoms with Crippen molar-refractivity contribution in [2.24, 2.45) is 5.92 Å². The van der Waals surface area contributed by atoms with Gasteiger partial charge in [0, 0.05) is 13.1 Å². The summed E-state index contributed by atoms with van der Waals surface area (Å²) in [5, 5.41) is 14.9. The van der Waals surface area contributed by atoms with E-state index in [9.17, 15) is 19.5 Å². The number of morpholine rings is 1. The van der Waals surface area contributed by atoms with Crippen molar-refractivity contribution in [1.82, 2.24) is 15.5 Å². The van der Waals surface area contributed by atoms with Gasteiger partial charge in [0.15, 0.2) is 0 Å². The van der Waals surface area contributed by atoms with E-state index < -0.39 is 24.0 Å². The number of hydrogen-bond donors (Lipinski definition) is 3. The number of nitrogens with zero attached hydrogens (tertiary/aromatic N) is 1. The SMILES string of the molecule is CC(C)C[C@H](NC(=O)[C@H](CCc1ccccc1)NC(=O)CN1CCOCC1)C(=O)O. The Labute approximate surface area is 178 Å². The van der Waals surface area contributed by atoms with Crippen molar-refractivity contribution in [3.63, 3.8) is 0 Å². The second-order valence-electron chi connectivity index (χ2n) is 8.06. The first-order valence-electron chi connectivity index (χ1n) is 10.5. The maximum Gasteiger partial charge on any atom is 0.326 e. The molecule has 0 radical (unpaired) electrons. The highest BCUT2D eigenvalue weighted by atomic mass is 16.5. The molecule has 1 saturated heterocycles. The van der Waals surface area contributed by atoms with E-state index >= 15 is 0 Å². The van der Waals surface area contributed by atoms with Crippen molar-refractivity contribution in [3.05, 3.63) is 35.9 Å². The molecule has 1 aliphatic rings. The first-order valence-corrected chi connectivity index (χ1v) is 10.5. The van der Waals surface area contributed by atoms with Gasteiger partial charge in [0.2, 0.25) is 11.8 Å². The average molecular weight is 420 g/mol. The van der Waals surface area contributed by atoms with Gasteiger partial charge in [-0.05, 0) is 30.7 Å². The van der Waals surface area contributed by atoms with Crippen LogP contribution in [0.15, 0.2) is 30.3 Å². The molecule has 8 heteroatoms. The number of carboxylic acid groups (broad SMARTS) is 1. The van der Waals surface area contributed by atoms with Crippen molar-refractivity contribution in [2.75, 3.05) is 32.8 Å². The van der Waals surface area contributed by atoms with Crippen LogP contribution in [-0.2, 0) is 25.5 Å². The Morgan fingerprint density at radius 2 is 1.73 bits per heavy atom. The molecule has 1 heterocycles. The normalized spacial score (nSPS) is 16.6. The standard InChI is InChI=1S/C22H33N3O5/c1-16(2)14-19(22(28)29)24-21(27)18(9-8-17-6-4-3-5-7-17)23-20(26)15-25-10-12-30-13-11-25/h3-7,16,18-19H,8-15H2,1-2H3,(H,23,26)(H,24,27)(H,28,29)/t18-,19-/m0/s1. The molecule has 0 aliphatic carbocycles. The molecule has 2 amide bonds. The number of amides is 2. The topological polar surface area (TPSA) is 108 Å². The molecule has 0 unspecified atom stereocenters. The molecule has 0 bridgehead atoms. The molecule has 0 saturated carbocycles. The summed E-state index contributed by atoms with van der Waals surface area (Å²) in [6, 6.07) is 7.91. The van der Waals surface area contributed by atoms with Crippen LogP contribution < -0.4 is 10.6 Å². The Morgan fingerprint density at radius 1 is 1.07 bits per heavy atom. The number of nitrogens with one attached hydrogen (secondary N) is 2. The van der Waals surface area contributed by atoms with Crippen molar-refractivity contribution in [2.45, 2.75) is 45.2 Å². The van der Waals surface area contributed by atoms with Crippen molar-refractivity contribution >= 4 is 17.8 Å². The van der Waals surface area contributed by atoms with Gasteiger partial charge >= 0.3 is 5.97 Å². The van der Waals surface area contributed by atoms with Crippen molar-refractivity contribution < 1.29 is 24.2 Å². The molecule has 8 nitrogen and oxygen atoms in total. The molecule has 0 spiro atoms. The minimum absolute atomic E-state index is 0.116. The van der Waals surface area contributed by atoms with Crippen LogP contribution in [0, 0.1) is 5.92 Å². The number of rotatable bonds is 11. The summed E-state index contributed by atoms with van der Waals surface area (Å²) in [4.78, 5) is 38.9. The quantitative estimate of drug-likeness (QED) is 0.495. The van der Waals surface area contributed by atoms with Gasteiger partial charge in [0.1, 0.15) is 12.1 Å². The Morgan fingerprint density at radius 3 is 2.33 bits per heavy atom. The fraction of sp³-hybridized carbons (Fsp3) is 0.591. The molecular weight excluding hydrogens is 386 g/mol. The lowest BCUT2D eigenvalue weighted by Crippen LogP contribution is -2.54. The number of carboxylic acids is 1. The van der Waals surface area contributed by atoms with Crippen LogP contribution >= 0.6 is 0 Å². The average Bonchev–Trinajstić information content (AvgIpc) is 2.71. The molecule has 2 rings (SSSR count). The van der Waals surface area contributed by atoms with Crippen molar-refractivity contribution in [1.29, 1.82) is 0 Å². The van der Waals surface area contributed by atoms with E-state index in [0.717, 1.165) is 5.56 Å². The molecule has 1 aromatic carbocycles. The second-order valence-corrected chi connectivity index (χ2v) is 8.06. The molecule has 1 aromatic rings. The van der Waals surface area contributed by atoms with Gasteiger partial charge in [0.05, 0.1) is 19.8 Å². The summed E-state index contributed by atoms with van der Waals surface area (Å²) in [6.07, 6.45) is 1.31. The van der Waals surface area contributed by atoms with E-state index in [4.69, 9.17) is 4.74 Å². The third-order valence-corrected chi connectivity index (χ3v) is 5.01. The molecule has 1 fully saturated rings. The summed E-state index contributed by atoms with van der Waals surface area (Å²) in [5.41, 5.74) is 1.05. The Balaban J connectivity index is 2.01. The zero-order valence-electron chi connectivity index (χ0n) is 17.8. The summed E-state index contributed by atoms with van der Waals surface area (Å²) >= 11 is 0. The fourth-order valence-electron chi connectivity index (χ4n) is 3.39. The highest BCUT2D eigenvalue weighted by Crippen LogP contribution is 2.09. The number of ether oxygens (including phenoxy) is 1. The molecule has 30 heavy (non-hydrogen) atoms. The van der Waals surface area contributed by atoms with E-state index in [-0.39, 0.29) is 18.4 Å². The Bertz CT molecular complexity index is 689. The lowest BCUT2D eigenvalue weighted by molar-refractivity contribution is -0.142. The third-order valence-electron chi connectivity index (χ3n) is 5.01. The van der Waals surface area contributed by atoms with Gasteiger partial charge in [-0.15, -0.1) is 0 Å². The van der Waals surface area contributed by atoms with Gasteiger partial charge in [0.25, 0.3) is 0 Å². The van der Waals surface area contributed by atoms with Crippen molar-refractivity contribution in [3.8, 4) is 0 Å². The van der Waals surface area contributed by atoms with Crippen LogP contribution in [0.2, 0.25) is 0 Å². The van der Waals surface area contributed by atoms with E-state index in [1.165, 1.54) is 0 Å². The van der Waals surface area contributed by atoms with Crippen LogP contribution in [0.25, 0.3) is 0 Å². The van der Waals surface area contributed by atoms with Crippen LogP contribution in [-0.4, -0.2) is 72.7 Å². The minimum atomic E-state index is -1.07. The first kappa shape index (κ1) is 23.8. The Kier molecular flexibility index (Phi) is 9.76. The van der Waals surface area contributed by atoms with Crippen LogP contribution in [0.3, 0.4) is 0 Å². The lowest BCUT2D eigenvalue weighted by Gasteiger charge is -2.27. The van der Waals surface area contributed by atoms with E-state index in [1.54, 1.807) is 0 Å². The highest BCUT2D eigenvalue weighted by Gasteiger charge is 2.27. The summed E-state index contributed by atoms with van der Waals surface area (Å²) in [5.74, 6) is -1.67. The second kappa shape index (κ2) is 12.3. The van der Waals surface area contributed by atoms with E-state index in [2.05, 4.69) is 10.6 Å². The first-order chi connectivity index (χ1) is 14.3. The number of aliphatic carboxylic acids is 1. The van der Waals surface area contributed by atoms with Crippen LogP contribution in [0.5, 0.6) is 0 Å². The zero-order valence-corrected chi connectivity index (χ0v) is 17.8.